The van der Waals surface area contributed by atoms with Crippen molar-refractivity contribution in [1.29, 1.82) is 0 Å². The van der Waals surface area contributed by atoms with Crippen LogP contribution in [0.25, 0.3) is 10.9 Å². The van der Waals surface area contributed by atoms with E-state index < -0.39 is 29.5 Å². The molecule has 1 aliphatic carbocycles. The molecule has 8 rings (SSSR count). The average Bonchev–Trinajstić information content (AvgIpc) is 3.70. The summed E-state index contributed by atoms with van der Waals surface area (Å²) >= 11 is 0. The number of piperazine rings is 1. The molecule has 2 N–H and O–H groups in total. The molecule has 4 aliphatic heterocycles. The summed E-state index contributed by atoms with van der Waals surface area (Å²) in [5.74, 6) is -2.71. The van der Waals surface area contributed by atoms with E-state index in [9.17, 15) is 19.5 Å². The van der Waals surface area contributed by atoms with Gasteiger partial charge in [-0.15, -0.1) is 0 Å². The Morgan fingerprint density at radius 3 is 2.77 bits per heavy atom. The summed E-state index contributed by atoms with van der Waals surface area (Å²) in [5.41, 5.74) is 3.07. The molecule has 1 aromatic heterocycles. The number of fused-ring (bicyclic) bond motifs is 5. The molecule has 224 valence electrons. The van der Waals surface area contributed by atoms with Crippen LogP contribution in [0.15, 0.2) is 54.7 Å². The summed E-state index contributed by atoms with van der Waals surface area (Å²) in [7, 11) is 2.09. The molecular weight excluding hydrogens is 544 g/mol. The van der Waals surface area contributed by atoms with Crippen LogP contribution in [0.5, 0.6) is 0 Å². The molecule has 2 aromatic carbocycles. The number of benzene rings is 2. The van der Waals surface area contributed by atoms with Gasteiger partial charge in [0.2, 0.25) is 5.91 Å². The van der Waals surface area contributed by atoms with Crippen LogP contribution in [0, 0.1) is 5.92 Å². The number of Topliss-reactive ketones (excluding diaryl/α,β-unsaturated/α-hetero) is 1. The molecule has 0 spiro atoms. The molecule has 5 heterocycles. The van der Waals surface area contributed by atoms with Gasteiger partial charge in [-0.2, -0.15) is 0 Å². The van der Waals surface area contributed by atoms with Crippen molar-refractivity contribution in [3.05, 3.63) is 71.4 Å². The van der Waals surface area contributed by atoms with Crippen LogP contribution in [0.3, 0.4) is 0 Å². The Hall–Kier alpha value is -3.53. The zero-order chi connectivity index (χ0) is 29.7. The number of hydrogen-bond acceptors (Lipinski definition) is 6. The van der Waals surface area contributed by atoms with E-state index >= 15 is 0 Å². The zero-order valence-corrected chi connectivity index (χ0v) is 24.7. The number of aromatic amines is 1. The van der Waals surface area contributed by atoms with Gasteiger partial charge in [-0.1, -0.05) is 42.5 Å². The standard InChI is InChI=1S/C34H38N4O5/c1-33(17-28(39)22-15-24-23-10-6-11-25-30(23)21(18-35-25)16-26(24)36(2)19-22)32(41)38-27(14-20-8-4-3-5-9-20)31(40)37-13-7-12-29(37)34(38,42)43-33/h3-6,8-11,18,22,24,26-27,29,35,42H,7,12-17,19H2,1-2H3/t22-,24?,26?,27+,29?,33+,34+/m1/s1. The summed E-state index contributed by atoms with van der Waals surface area (Å²) < 4.78 is 6.36. The largest absolute Gasteiger partial charge is 0.361 e. The van der Waals surface area contributed by atoms with E-state index in [0.29, 0.717) is 32.0 Å². The molecule has 5 aliphatic rings. The normalized spacial score (nSPS) is 35.3. The molecule has 4 saturated heterocycles. The second kappa shape index (κ2) is 9.48. The second-order valence-corrected chi connectivity index (χ2v) is 13.5. The second-order valence-electron chi connectivity index (χ2n) is 13.5. The number of amides is 2. The Labute approximate surface area is 250 Å². The fraction of sp³-hybridized carbons (Fsp3) is 0.500. The molecular formula is C34H38N4O5. The monoisotopic (exact) mass is 582 g/mol. The molecule has 0 saturated carbocycles. The first-order valence-corrected chi connectivity index (χ1v) is 15.6. The van der Waals surface area contributed by atoms with Crippen LogP contribution >= 0.6 is 0 Å². The third-order valence-corrected chi connectivity index (χ3v) is 10.9. The van der Waals surface area contributed by atoms with Crippen molar-refractivity contribution in [1.82, 2.24) is 19.7 Å². The minimum Gasteiger partial charge on any atom is -0.361 e. The minimum atomic E-state index is -1.96. The number of likely N-dealkylation sites (tertiary alicyclic amines) is 1. The zero-order valence-electron chi connectivity index (χ0n) is 24.7. The van der Waals surface area contributed by atoms with Crippen molar-refractivity contribution in [2.75, 3.05) is 20.1 Å². The van der Waals surface area contributed by atoms with E-state index in [4.69, 9.17) is 4.74 Å². The highest BCUT2D eigenvalue weighted by Gasteiger charge is 2.69. The topological polar surface area (TPSA) is 106 Å². The Morgan fingerprint density at radius 2 is 1.95 bits per heavy atom. The van der Waals surface area contributed by atoms with E-state index in [1.54, 1.807) is 11.8 Å². The number of aliphatic hydroxyl groups is 1. The molecule has 9 heteroatoms. The quantitative estimate of drug-likeness (QED) is 0.479. The third kappa shape index (κ3) is 3.90. The van der Waals surface area contributed by atoms with E-state index in [2.05, 4.69) is 41.3 Å². The number of nitrogens with zero attached hydrogens (tertiary/aromatic N) is 3. The number of carbonyl (C=O) groups is 3. The van der Waals surface area contributed by atoms with Gasteiger partial charge in [-0.05, 0) is 62.4 Å². The molecule has 0 bridgehead atoms. The number of H-pyrrole nitrogens is 1. The predicted molar refractivity (Wildman–Crippen MR) is 159 cm³/mol. The number of piperidine rings is 1. The summed E-state index contributed by atoms with van der Waals surface area (Å²) in [6.45, 7) is 2.75. The maximum Gasteiger partial charge on any atom is 0.274 e. The molecule has 0 radical (unpaired) electrons. The van der Waals surface area contributed by atoms with Crippen molar-refractivity contribution in [3.8, 4) is 0 Å². The molecule has 2 amide bonds. The van der Waals surface area contributed by atoms with E-state index in [-0.39, 0.29) is 36.4 Å². The number of hydrogen-bond donors (Lipinski definition) is 2. The van der Waals surface area contributed by atoms with Crippen LogP contribution in [-0.4, -0.2) is 92.2 Å². The highest BCUT2D eigenvalue weighted by molar-refractivity contribution is 5.98. The van der Waals surface area contributed by atoms with Crippen molar-refractivity contribution in [2.45, 2.75) is 81.0 Å². The smallest absolute Gasteiger partial charge is 0.274 e. The molecule has 4 fully saturated rings. The van der Waals surface area contributed by atoms with Gasteiger partial charge in [0.15, 0.2) is 5.60 Å². The summed E-state index contributed by atoms with van der Waals surface area (Å²) in [4.78, 5) is 50.7. The summed E-state index contributed by atoms with van der Waals surface area (Å²) in [5, 5.41) is 13.4. The number of nitrogens with one attached hydrogen (secondary N) is 1. The first kappa shape index (κ1) is 27.0. The van der Waals surface area contributed by atoms with Crippen molar-refractivity contribution in [2.24, 2.45) is 5.92 Å². The number of rotatable bonds is 5. The summed E-state index contributed by atoms with van der Waals surface area (Å²) in [6, 6.07) is 14.7. The lowest BCUT2D eigenvalue weighted by Crippen LogP contribution is -2.71. The van der Waals surface area contributed by atoms with Crippen LogP contribution < -0.4 is 0 Å². The third-order valence-electron chi connectivity index (χ3n) is 10.9. The van der Waals surface area contributed by atoms with Crippen molar-refractivity contribution >= 4 is 28.5 Å². The van der Waals surface area contributed by atoms with Crippen LogP contribution in [0.2, 0.25) is 0 Å². The van der Waals surface area contributed by atoms with Crippen LogP contribution in [0.1, 0.15) is 55.2 Å². The highest BCUT2D eigenvalue weighted by atomic mass is 16.7. The first-order chi connectivity index (χ1) is 20.7. The Morgan fingerprint density at radius 1 is 1.14 bits per heavy atom. The fourth-order valence-corrected chi connectivity index (χ4v) is 8.92. The fourth-order valence-electron chi connectivity index (χ4n) is 8.92. The van der Waals surface area contributed by atoms with Gasteiger partial charge < -0.3 is 24.6 Å². The lowest BCUT2D eigenvalue weighted by Gasteiger charge is -2.49. The van der Waals surface area contributed by atoms with Gasteiger partial charge >= 0.3 is 0 Å². The first-order valence-electron chi connectivity index (χ1n) is 15.6. The number of ketones is 1. The number of likely N-dealkylation sites (N-methyl/N-ethyl adjacent to an activating group) is 1. The number of ether oxygens (including phenoxy) is 1. The van der Waals surface area contributed by atoms with Gasteiger partial charge in [0.25, 0.3) is 11.8 Å². The summed E-state index contributed by atoms with van der Waals surface area (Å²) in [6.07, 6.45) is 5.16. The maximum atomic E-state index is 14.3. The lowest BCUT2D eigenvalue weighted by molar-refractivity contribution is -0.312. The maximum absolute atomic E-state index is 14.3. The van der Waals surface area contributed by atoms with Crippen LogP contribution in [-0.2, 0) is 32.0 Å². The minimum absolute atomic E-state index is 0.0362. The van der Waals surface area contributed by atoms with E-state index in [0.717, 1.165) is 23.9 Å². The number of carbonyl (C=O) groups excluding carboxylic acids is 3. The van der Waals surface area contributed by atoms with Gasteiger partial charge in [-0.25, -0.2) is 0 Å². The molecule has 9 nitrogen and oxygen atoms in total. The predicted octanol–water partition coefficient (Wildman–Crippen LogP) is 2.97. The molecule has 3 aromatic rings. The molecule has 7 atom stereocenters. The van der Waals surface area contributed by atoms with E-state index in [1.807, 2.05) is 30.3 Å². The van der Waals surface area contributed by atoms with Crippen molar-refractivity contribution in [3.63, 3.8) is 0 Å². The van der Waals surface area contributed by atoms with E-state index in [1.165, 1.54) is 21.4 Å². The average molecular weight is 583 g/mol. The van der Waals surface area contributed by atoms with Crippen molar-refractivity contribution < 1.29 is 24.2 Å². The lowest BCUT2D eigenvalue weighted by atomic mass is 9.71. The number of aromatic nitrogens is 1. The Bertz CT molecular complexity index is 1640. The van der Waals surface area contributed by atoms with Crippen LogP contribution in [0.4, 0.5) is 0 Å². The molecule has 43 heavy (non-hydrogen) atoms. The Balaban J connectivity index is 1.08. The van der Waals surface area contributed by atoms with Gasteiger partial charge in [0.05, 0.1) is 0 Å². The van der Waals surface area contributed by atoms with Gasteiger partial charge in [-0.3, -0.25) is 19.3 Å². The Kier molecular flexibility index (Phi) is 5.97. The molecule has 3 unspecified atom stereocenters. The van der Waals surface area contributed by atoms with Gasteiger partial charge in [0, 0.05) is 60.9 Å². The SMILES string of the molecule is CN1C[C@H](C(=O)C[C@]2(C)O[C@@]3(O)C4CCCN4C(=O)[C@H](Cc4ccccc4)N3C2=O)CC2c3cccc4[nH]cc(c34)CC21. The highest BCUT2D eigenvalue weighted by Crippen LogP contribution is 2.49. The van der Waals surface area contributed by atoms with Gasteiger partial charge in [0.1, 0.15) is 17.9 Å².